The molecular formula is C13H24. The average molecular weight is 180 g/mol. The highest BCUT2D eigenvalue weighted by atomic mass is 14.5. The molecule has 0 N–H and O–H groups in total. The van der Waals surface area contributed by atoms with Crippen molar-refractivity contribution in [3.8, 4) is 0 Å². The van der Waals surface area contributed by atoms with E-state index >= 15 is 0 Å². The molecule has 0 aromatic carbocycles. The molecule has 13 heavy (non-hydrogen) atoms. The lowest BCUT2D eigenvalue weighted by atomic mass is 9.54. The smallest absolute Gasteiger partial charge is 0.0292 e. The summed E-state index contributed by atoms with van der Waals surface area (Å²) >= 11 is 0. The highest BCUT2D eigenvalue weighted by Gasteiger charge is 2.44. The van der Waals surface area contributed by atoms with Crippen molar-refractivity contribution in [3.05, 3.63) is 0 Å². The molecule has 1 spiro atoms. The molecule has 2 aliphatic rings. The summed E-state index contributed by atoms with van der Waals surface area (Å²) in [6.45, 7) is 4.75. The summed E-state index contributed by atoms with van der Waals surface area (Å²) in [6, 6.07) is 0. The van der Waals surface area contributed by atoms with E-state index < -0.39 is 0 Å². The standard InChI is InChI=1S/C13H24/c1-3-4-12-9-13(10-12)7-5-11(2)6-8-13/h11-12H,3-10H2,1-2H3. The Balaban J connectivity index is 1.76. The SMILES string of the molecule is CCCC1CC2(CCC(C)CC2)C1. The van der Waals surface area contributed by atoms with Gasteiger partial charge in [0.1, 0.15) is 0 Å². The molecule has 2 rings (SSSR count). The van der Waals surface area contributed by atoms with E-state index in [2.05, 4.69) is 13.8 Å². The largest absolute Gasteiger partial charge is 0.0654 e. The zero-order valence-electron chi connectivity index (χ0n) is 9.31. The third-order valence-corrected chi connectivity index (χ3v) is 4.48. The maximum absolute atomic E-state index is 2.43. The average Bonchev–Trinajstić information content (AvgIpc) is 2.07. The molecule has 0 atom stereocenters. The molecule has 0 nitrogen and oxygen atoms in total. The lowest BCUT2D eigenvalue weighted by molar-refractivity contribution is -0.00123. The molecule has 0 bridgehead atoms. The maximum atomic E-state index is 2.43. The molecule has 0 heteroatoms. The van der Waals surface area contributed by atoms with E-state index in [9.17, 15) is 0 Å². The quantitative estimate of drug-likeness (QED) is 0.591. The van der Waals surface area contributed by atoms with Crippen LogP contribution in [0.5, 0.6) is 0 Å². The summed E-state index contributed by atoms with van der Waals surface area (Å²) in [6.07, 6.45) is 12.2. The minimum Gasteiger partial charge on any atom is -0.0654 e. The first-order valence-corrected chi connectivity index (χ1v) is 6.24. The Bertz CT molecular complexity index is 155. The van der Waals surface area contributed by atoms with Gasteiger partial charge in [-0.3, -0.25) is 0 Å². The summed E-state index contributed by atoms with van der Waals surface area (Å²) in [7, 11) is 0. The van der Waals surface area contributed by atoms with Gasteiger partial charge >= 0.3 is 0 Å². The van der Waals surface area contributed by atoms with Crippen LogP contribution in [-0.2, 0) is 0 Å². The van der Waals surface area contributed by atoms with Crippen molar-refractivity contribution in [2.24, 2.45) is 17.3 Å². The summed E-state index contributed by atoms with van der Waals surface area (Å²) in [4.78, 5) is 0. The zero-order chi connectivity index (χ0) is 9.31. The van der Waals surface area contributed by atoms with E-state index in [1.54, 1.807) is 25.7 Å². The van der Waals surface area contributed by atoms with Gasteiger partial charge in [0.2, 0.25) is 0 Å². The Morgan fingerprint density at radius 2 is 1.77 bits per heavy atom. The van der Waals surface area contributed by atoms with Crippen LogP contribution in [0.1, 0.15) is 65.2 Å². The van der Waals surface area contributed by atoms with E-state index in [0.717, 1.165) is 17.3 Å². The summed E-state index contributed by atoms with van der Waals surface area (Å²) in [5.74, 6) is 2.13. The van der Waals surface area contributed by atoms with Gasteiger partial charge in [-0.15, -0.1) is 0 Å². The summed E-state index contributed by atoms with van der Waals surface area (Å²) in [5, 5.41) is 0. The molecule has 76 valence electrons. The molecule has 0 amide bonds. The molecular weight excluding hydrogens is 156 g/mol. The van der Waals surface area contributed by atoms with Crippen LogP contribution in [0.4, 0.5) is 0 Å². The second kappa shape index (κ2) is 3.63. The van der Waals surface area contributed by atoms with Crippen molar-refractivity contribution in [2.45, 2.75) is 65.2 Å². The van der Waals surface area contributed by atoms with Crippen LogP contribution >= 0.6 is 0 Å². The predicted octanol–water partition coefficient (Wildman–Crippen LogP) is 4.39. The number of hydrogen-bond donors (Lipinski definition) is 0. The molecule has 0 aliphatic heterocycles. The molecule has 0 radical (unpaired) electrons. The molecule has 0 unspecified atom stereocenters. The van der Waals surface area contributed by atoms with Gasteiger partial charge in [-0.1, -0.05) is 39.5 Å². The normalized spacial score (nSPS) is 44.8. The maximum Gasteiger partial charge on any atom is -0.0292 e. The lowest BCUT2D eigenvalue weighted by Crippen LogP contribution is -2.39. The fourth-order valence-corrected chi connectivity index (χ4v) is 3.56. The van der Waals surface area contributed by atoms with E-state index in [0.29, 0.717) is 0 Å². The number of hydrogen-bond acceptors (Lipinski definition) is 0. The minimum absolute atomic E-state index is 0.854. The first kappa shape index (κ1) is 9.55. The minimum atomic E-state index is 0.854. The van der Waals surface area contributed by atoms with Gasteiger partial charge < -0.3 is 0 Å². The van der Waals surface area contributed by atoms with Gasteiger partial charge in [0, 0.05) is 0 Å². The molecule has 0 aromatic rings. The topological polar surface area (TPSA) is 0 Å². The van der Waals surface area contributed by atoms with Crippen LogP contribution in [0.3, 0.4) is 0 Å². The van der Waals surface area contributed by atoms with Crippen LogP contribution in [0, 0.1) is 17.3 Å². The molecule has 2 aliphatic carbocycles. The first-order chi connectivity index (χ1) is 6.24. The Morgan fingerprint density at radius 1 is 1.15 bits per heavy atom. The highest BCUT2D eigenvalue weighted by Crippen LogP contribution is 2.56. The zero-order valence-corrected chi connectivity index (χ0v) is 9.31. The van der Waals surface area contributed by atoms with Gasteiger partial charge in [-0.2, -0.15) is 0 Å². The van der Waals surface area contributed by atoms with Crippen molar-refractivity contribution < 1.29 is 0 Å². The fourth-order valence-electron chi connectivity index (χ4n) is 3.56. The number of rotatable bonds is 2. The van der Waals surface area contributed by atoms with Crippen molar-refractivity contribution in [3.63, 3.8) is 0 Å². The monoisotopic (exact) mass is 180 g/mol. The molecule has 2 saturated carbocycles. The van der Waals surface area contributed by atoms with Crippen LogP contribution in [0.2, 0.25) is 0 Å². The Morgan fingerprint density at radius 3 is 2.31 bits per heavy atom. The van der Waals surface area contributed by atoms with E-state index in [4.69, 9.17) is 0 Å². The third kappa shape index (κ3) is 1.92. The van der Waals surface area contributed by atoms with Crippen molar-refractivity contribution in [1.82, 2.24) is 0 Å². The Hall–Kier alpha value is 0. The van der Waals surface area contributed by atoms with Crippen LogP contribution < -0.4 is 0 Å². The van der Waals surface area contributed by atoms with Gasteiger partial charge in [0.25, 0.3) is 0 Å². The molecule has 2 fully saturated rings. The first-order valence-electron chi connectivity index (χ1n) is 6.24. The summed E-state index contributed by atoms with van der Waals surface area (Å²) < 4.78 is 0. The Kier molecular flexibility index (Phi) is 2.67. The molecule has 0 aromatic heterocycles. The second-order valence-electron chi connectivity index (χ2n) is 5.75. The molecule has 0 heterocycles. The van der Waals surface area contributed by atoms with Crippen LogP contribution in [0.15, 0.2) is 0 Å². The van der Waals surface area contributed by atoms with Crippen LogP contribution in [0.25, 0.3) is 0 Å². The van der Waals surface area contributed by atoms with Crippen molar-refractivity contribution in [2.75, 3.05) is 0 Å². The van der Waals surface area contributed by atoms with E-state index in [-0.39, 0.29) is 0 Å². The lowest BCUT2D eigenvalue weighted by Gasteiger charge is -2.51. The molecule has 0 saturated heterocycles. The van der Waals surface area contributed by atoms with Gasteiger partial charge in [0.15, 0.2) is 0 Å². The Labute approximate surface area is 83.1 Å². The van der Waals surface area contributed by atoms with Crippen LogP contribution in [-0.4, -0.2) is 0 Å². The van der Waals surface area contributed by atoms with Gasteiger partial charge in [0.05, 0.1) is 0 Å². The van der Waals surface area contributed by atoms with Gasteiger partial charge in [-0.25, -0.2) is 0 Å². The van der Waals surface area contributed by atoms with E-state index in [1.807, 2.05) is 0 Å². The fraction of sp³-hybridized carbons (Fsp3) is 1.00. The summed E-state index contributed by atoms with van der Waals surface area (Å²) in [5.41, 5.74) is 0.854. The van der Waals surface area contributed by atoms with E-state index in [1.165, 1.54) is 25.7 Å². The second-order valence-corrected chi connectivity index (χ2v) is 5.75. The van der Waals surface area contributed by atoms with Crippen molar-refractivity contribution in [1.29, 1.82) is 0 Å². The van der Waals surface area contributed by atoms with Gasteiger partial charge in [-0.05, 0) is 42.9 Å². The predicted molar refractivity (Wildman–Crippen MR) is 57.7 cm³/mol. The highest BCUT2D eigenvalue weighted by molar-refractivity contribution is 4.95. The third-order valence-electron chi connectivity index (χ3n) is 4.48. The van der Waals surface area contributed by atoms with Crippen molar-refractivity contribution >= 4 is 0 Å².